The van der Waals surface area contributed by atoms with E-state index in [4.69, 9.17) is 16.6 Å². The molecule has 58 valence electrons. The molecule has 0 aromatic rings. The molecule has 0 aliphatic rings. The lowest BCUT2D eigenvalue weighted by atomic mass is 10.1. The third-order valence-corrected chi connectivity index (χ3v) is 0.991. The molecule has 5 nitrogen and oxygen atoms in total. The zero-order chi connectivity index (χ0) is 8.20. The van der Waals surface area contributed by atoms with Crippen LogP contribution in [0, 0.1) is 0 Å². The summed E-state index contributed by atoms with van der Waals surface area (Å²) in [6, 6.07) is 0. The van der Waals surface area contributed by atoms with Crippen molar-refractivity contribution in [3.05, 3.63) is 0 Å². The van der Waals surface area contributed by atoms with Crippen LogP contribution in [0.3, 0.4) is 0 Å². The Kier molecular flexibility index (Phi) is 2.98. The molecular formula is C5H10N2O3. The van der Waals surface area contributed by atoms with E-state index in [0.717, 1.165) is 0 Å². The van der Waals surface area contributed by atoms with E-state index in [0.29, 0.717) is 6.29 Å². The molecule has 0 unspecified atom stereocenters. The van der Waals surface area contributed by atoms with E-state index in [1.54, 1.807) is 0 Å². The van der Waals surface area contributed by atoms with E-state index >= 15 is 0 Å². The molecule has 0 radical (unpaired) electrons. The van der Waals surface area contributed by atoms with Gasteiger partial charge in [-0.1, -0.05) is 0 Å². The van der Waals surface area contributed by atoms with Crippen LogP contribution in [0.4, 0.5) is 0 Å². The molecule has 5 N–H and O–H groups in total. The number of hydrogen-bond donors (Lipinski definition) is 3. The van der Waals surface area contributed by atoms with Crippen molar-refractivity contribution >= 4 is 12.3 Å². The first-order chi connectivity index (χ1) is 4.48. The fraction of sp³-hybridized carbons (Fsp3) is 0.600. The van der Waals surface area contributed by atoms with Crippen molar-refractivity contribution in [2.75, 3.05) is 0 Å². The van der Waals surface area contributed by atoms with Crippen LogP contribution in [0.15, 0.2) is 0 Å². The van der Waals surface area contributed by atoms with Crippen LogP contribution in [0.2, 0.25) is 0 Å². The molecule has 5 heteroatoms. The minimum Gasteiger partial charge on any atom is -0.481 e. The highest BCUT2D eigenvalue weighted by Crippen LogP contribution is 1.98. The van der Waals surface area contributed by atoms with Gasteiger partial charge in [0.2, 0.25) is 0 Å². The maximum absolute atomic E-state index is 10.00. The summed E-state index contributed by atoms with van der Waals surface area (Å²) in [6.45, 7) is 0. The van der Waals surface area contributed by atoms with Crippen LogP contribution in [-0.2, 0) is 9.59 Å². The molecule has 0 amide bonds. The van der Waals surface area contributed by atoms with Crippen LogP contribution in [0.25, 0.3) is 0 Å². The van der Waals surface area contributed by atoms with Crippen LogP contribution >= 0.6 is 0 Å². The van der Waals surface area contributed by atoms with Crippen molar-refractivity contribution in [3.8, 4) is 0 Å². The van der Waals surface area contributed by atoms with E-state index in [-0.39, 0.29) is 12.8 Å². The average molecular weight is 146 g/mol. The van der Waals surface area contributed by atoms with Crippen molar-refractivity contribution in [3.63, 3.8) is 0 Å². The molecule has 0 spiro atoms. The predicted octanol–water partition coefficient (Wildman–Crippen LogP) is -1.34. The van der Waals surface area contributed by atoms with Gasteiger partial charge in [0, 0.05) is 6.42 Å². The summed E-state index contributed by atoms with van der Waals surface area (Å²) >= 11 is 0. The number of aliphatic carboxylic acids is 1. The number of hydrogen-bond acceptors (Lipinski definition) is 4. The fourth-order valence-corrected chi connectivity index (χ4v) is 0.382. The summed E-state index contributed by atoms with van der Waals surface area (Å²) in [5.74, 6) is -1.01. The standard InChI is InChI=1S/C5H10N2O3/c6-5(7,3-8)2-1-4(9)10/h3H,1-2,6-7H2,(H,9,10). The Balaban J connectivity index is 3.67. The number of carboxylic acids is 1. The molecule has 0 aromatic heterocycles. The zero-order valence-electron chi connectivity index (χ0n) is 5.41. The molecule has 10 heavy (non-hydrogen) atoms. The van der Waals surface area contributed by atoms with E-state index in [1.807, 2.05) is 0 Å². The number of carboxylic acid groups (broad SMARTS) is 1. The Labute approximate surface area is 58.0 Å². The summed E-state index contributed by atoms with van der Waals surface area (Å²) in [6.07, 6.45) is 0.119. The normalized spacial score (nSPS) is 11.0. The first-order valence-corrected chi connectivity index (χ1v) is 2.74. The predicted molar refractivity (Wildman–Crippen MR) is 34.0 cm³/mol. The number of aldehydes is 1. The molecule has 0 aliphatic carbocycles. The molecule has 0 fully saturated rings. The number of nitrogens with two attached hydrogens (primary N) is 2. The van der Waals surface area contributed by atoms with Crippen molar-refractivity contribution in [2.45, 2.75) is 18.5 Å². The summed E-state index contributed by atoms with van der Waals surface area (Å²) < 4.78 is 0. The quantitative estimate of drug-likeness (QED) is 0.336. The van der Waals surface area contributed by atoms with Crippen LogP contribution in [0.5, 0.6) is 0 Å². The lowest BCUT2D eigenvalue weighted by Crippen LogP contribution is -2.51. The Morgan fingerprint density at radius 3 is 2.40 bits per heavy atom. The maximum atomic E-state index is 10.00. The van der Waals surface area contributed by atoms with Gasteiger partial charge in [-0.05, 0) is 6.42 Å². The van der Waals surface area contributed by atoms with Crippen molar-refractivity contribution in [1.29, 1.82) is 0 Å². The van der Waals surface area contributed by atoms with Crippen LogP contribution in [0.1, 0.15) is 12.8 Å². The van der Waals surface area contributed by atoms with Gasteiger partial charge in [-0.2, -0.15) is 0 Å². The zero-order valence-corrected chi connectivity index (χ0v) is 5.41. The average Bonchev–Trinajstić information content (AvgIpc) is 1.85. The molecule has 0 rings (SSSR count). The van der Waals surface area contributed by atoms with Gasteiger partial charge in [-0.25, -0.2) is 0 Å². The van der Waals surface area contributed by atoms with Gasteiger partial charge in [0.15, 0.2) is 6.29 Å². The molecule has 0 saturated carbocycles. The van der Waals surface area contributed by atoms with E-state index in [2.05, 4.69) is 0 Å². The van der Waals surface area contributed by atoms with E-state index < -0.39 is 11.6 Å². The van der Waals surface area contributed by atoms with Gasteiger partial charge in [0.1, 0.15) is 5.66 Å². The Hall–Kier alpha value is -0.940. The minimum atomic E-state index is -1.49. The highest BCUT2D eigenvalue weighted by molar-refractivity contribution is 5.69. The molecule has 0 bridgehead atoms. The van der Waals surface area contributed by atoms with Gasteiger partial charge in [-0.3, -0.25) is 9.59 Å². The van der Waals surface area contributed by atoms with E-state index in [9.17, 15) is 9.59 Å². The summed E-state index contributed by atoms with van der Waals surface area (Å²) in [5.41, 5.74) is 8.73. The van der Waals surface area contributed by atoms with Crippen molar-refractivity contribution in [2.24, 2.45) is 11.5 Å². The Morgan fingerprint density at radius 1 is 1.60 bits per heavy atom. The highest BCUT2D eigenvalue weighted by Gasteiger charge is 2.18. The monoisotopic (exact) mass is 146 g/mol. The number of rotatable bonds is 4. The van der Waals surface area contributed by atoms with Crippen molar-refractivity contribution in [1.82, 2.24) is 0 Å². The van der Waals surface area contributed by atoms with Gasteiger partial charge in [-0.15, -0.1) is 0 Å². The van der Waals surface area contributed by atoms with E-state index in [1.165, 1.54) is 0 Å². The smallest absolute Gasteiger partial charge is 0.303 e. The number of carbonyl (C=O) groups is 2. The Morgan fingerprint density at radius 2 is 2.10 bits per heavy atom. The van der Waals surface area contributed by atoms with Gasteiger partial charge in [0.05, 0.1) is 0 Å². The second kappa shape index (κ2) is 3.28. The lowest BCUT2D eigenvalue weighted by Gasteiger charge is -2.14. The molecule has 0 heterocycles. The lowest BCUT2D eigenvalue weighted by molar-refractivity contribution is -0.137. The second-order valence-corrected chi connectivity index (χ2v) is 2.12. The second-order valence-electron chi connectivity index (χ2n) is 2.12. The van der Waals surface area contributed by atoms with Crippen LogP contribution < -0.4 is 11.5 Å². The van der Waals surface area contributed by atoms with Gasteiger partial charge >= 0.3 is 5.97 Å². The summed E-state index contributed by atoms with van der Waals surface area (Å²) in [5, 5.41) is 8.15. The first-order valence-electron chi connectivity index (χ1n) is 2.74. The largest absolute Gasteiger partial charge is 0.481 e. The topological polar surface area (TPSA) is 106 Å². The van der Waals surface area contributed by atoms with Crippen LogP contribution in [-0.4, -0.2) is 23.0 Å². The Bertz CT molecular complexity index is 144. The molecule has 0 saturated heterocycles. The third kappa shape index (κ3) is 3.99. The summed E-state index contributed by atoms with van der Waals surface area (Å²) in [4.78, 5) is 19.9. The van der Waals surface area contributed by atoms with Gasteiger partial charge < -0.3 is 16.6 Å². The minimum absolute atomic E-state index is 0.0359. The summed E-state index contributed by atoms with van der Waals surface area (Å²) in [7, 11) is 0. The fourth-order valence-electron chi connectivity index (χ4n) is 0.382. The number of carbonyl (C=O) groups excluding carboxylic acids is 1. The molecule has 0 aromatic carbocycles. The highest BCUT2D eigenvalue weighted by atomic mass is 16.4. The molecule has 0 atom stereocenters. The van der Waals surface area contributed by atoms with Crippen molar-refractivity contribution < 1.29 is 14.7 Å². The molecular weight excluding hydrogens is 136 g/mol. The van der Waals surface area contributed by atoms with Gasteiger partial charge in [0.25, 0.3) is 0 Å². The SMILES string of the molecule is NC(N)(C=O)CCC(=O)O. The molecule has 0 aliphatic heterocycles. The first kappa shape index (κ1) is 9.06. The third-order valence-electron chi connectivity index (χ3n) is 0.991. The maximum Gasteiger partial charge on any atom is 0.303 e.